The Morgan fingerprint density at radius 1 is 1.19 bits per heavy atom. The molecule has 32 heavy (non-hydrogen) atoms. The molecule has 1 fully saturated rings. The lowest BCUT2D eigenvalue weighted by Crippen LogP contribution is -2.57. The van der Waals surface area contributed by atoms with Gasteiger partial charge >= 0.3 is 12.1 Å². The summed E-state index contributed by atoms with van der Waals surface area (Å²) in [4.78, 5) is 33.0. The number of nitrogens with zero attached hydrogens (tertiary/aromatic N) is 2. The fourth-order valence-electron chi connectivity index (χ4n) is 3.51. The molecule has 0 bridgehead atoms. The van der Waals surface area contributed by atoms with Crippen molar-refractivity contribution in [2.75, 3.05) is 13.2 Å². The van der Waals surface area contributed by atoms with Crippen molar-refractivity contribution in [2.24, 2.45) is 0 Å². The van der Waals surface area contributed by atoms with Crippen molar-refractivity contribution in [2.45, 2.75) is 25.6 Å². The van der Waals surface area contributed by atoms with Crippen LogP contribution in [-0.4, -0.2) is 41.1 Å². The Hall–Kier alpha value is -3.17. The summed E-state index contributed by atoms with van der Waals surface area (Å²) in [7, 11) is 0. The molecule has 4 rings (SSSR count). The summed E-state index contributed by atoms with van der Waals surface area (Å²) in [5, 5.41) is 2.70. The van der Waals surface area contributed by atoms with Gasteiger partial charge in [0.15, 0.2) is 0 Å². The van der Waals surface area contributed by atoms with Crippen LogP contribution >= 0.6 is 11.6 Å². The van der Waals surface area contributed by atoms with E-state index >= 15 is 0 Å². The molecule has 168 valence electrons. The van der Waals surface area contributed by atoms with Gasteiger partial charge in [-0.2, -0.15) is 0 Å². The van der Waals surface area contributed by atoms with E-state index < -0.39 is 11.8 Å². The highest BCUT2D eigenvalue weighted by molar-refractivity contribution is 6.31. The van der Waals surface area contributed by atoms with Crippen LogP contribution in [0, 0.1) is 11.6 Å². The van der Waals surface area contributed by atoms with Gasteiger partial charge in [-0.25, -0.2) is 23.9 Å². The number of nitrogens with one attached hydrogen (secondary N) is 2. The Bertz CT molecular complexity index is 1070. The number of amides is 4. The lowest BCUT2D eigenvalue weighted by Gasteiger charge is -2.40. The van der Waals surface area contributed by atoms with Crippen LogP contribution in [0.1, 0.15) is 23.1 Å². The lowest BCUT2D eigenvalue weighted by molar-refractivity contribution is -0.0103. The molecule has 10 heteroatoms. The van der Waals surface area contributed by atoms with Gasteiger partial charge in [0.1, 0.15) is 11.6 Å². The molecular formula is C22H21ClF2N4O3. The minimum Gasteiger partial charge on any atom is -0.334 e. The predicted molar refractivity (Wildman–Crippen MR) is 114 cm³/mol. The number of hydroxylamine groups is 1. The maximum absolute atomic E-state index is 13.5. The largest absolute Gasteiger partial charge is 0.345 e. The van der Waals surface area contributed by atoms with Crippen molar-refractivity contribution >= 4 is 29.7 Å². The third kappa shape index (κ3) is 4.84. The first kappa shape index (κ1) is 22.0. The Balaban J connectivity index is 1.21. The van der Waals surface area contributed by atoms with E-state index in [1.807, 2.05) is 0 Å². The third-order valence-corrected chi connectivity index (χ3v) is 5.87. The summed E-state index contributed by atoms with van der Waals surface area (Å²) < 4.78 is 26.8. The highest BCUT2D eigenvalue weighted by Gasteiger charge is 2.32. The molecule has 2 aromatic rings. The average molecular weight is 463 g/mol. The normalized spacial score (nSPS) is 16.9. The first-order chi connectivity index (χ1) is 15.4. The Kier molecular flexibility index (Phi) is 6.57. The van der Waals surface area contributed by atoms with Crippen molar-refractivity contribution in [3.63, 3.8) is 0 Å². The highest BCUT2D eigenvalue weighted by Crippen LogP contribution is 2.22. The van der Waals surface area contributed by atoms with Crippen LogP contribution in [0.25, 0.3) is 6.08 Å². The molecule has 1 saturated heterocycles. The van der Waals surface area contributed by atoms with Gasteiger partial charge in [-0.15, -0.1) is 0 Å². The minimum atomic E-state index is -0.538. The van der Waals surface area contributed by atoms with Crippen LogP contribution in [0.15, 0.2) is 42.6 Å². The fraction of sp³-hybridized carbons (Fsp3) is 0.273. The van der Waals surface area contributed by atoms with Crippen molar-refractivity contribution in [3.8, 4) is 0 Å². The number of urea groups is 2. The lowest BCUT2D eigenvalue weighted by atomic mass is 10.0. The van der Waals surface area contributed by atoms with E-state index in [1.165, 1.54) is 29.2 Å². The van der Waals surface area contributed by atoms with Crippen LogP contribution in [0.5, 0.6) is 0 Å². The molecule has 2 aliphatic rings. The Morgan fingerprint density at radius 3 is 2.81 bits per heavy atom. The highest BCUT2D eigenvalue weighted by atomic mass is 35.5. The number of carbonyl (C=O) groups is 2. The standard InChI is InChI=1S/C22H21ClF2N4O3/c23-20-15(2-1-3-19(20)25)11-26-21(30)29-9-7-18(29)13-32-27-22(31)28-8-6-14-10-17(24)5-4-16(14)12-28/h1-6,8,10,18H,7,9,11-13H2,(H,26,30)(H,27,31)/t18-/m0/s1. The van der Waals surface area contributed by atoms with Crippen LogP contribution < -0.4 is 10.8 Å². The predicted octanol–water partition coefficient (Wildman–Crippen LogP) is 4.03. The quantitative estimate of drug-likeness (QED) is 0.659. The first-order valence-corrected chi connectivity index (χ1v) is 10.4. The zero-order valence-electron chi connectivity index (χ0n) is 17.0. The SMILES string of the molecule is O=C(NOC[C@@H]1CCN1C(=O)NCc1cccc(F)c1Cl)N1C=Cc2cc(F)ccc2C1. The van der Waals surface area contributed by atoms with E-state index in [0.29, 0.717) is 18.7 Å². The molecule has 0 aromatic heterocycles. The van der Waals surface area contributed by atoms with E-state index in [-0.39, 0.29) is 36.1 Å². The van der Waals surface area contributed by atoms with Crippen molar-refractivity contribution < 1.29 is 23.2 Å². The maximum Gasteiger partial charge on any atom is 0.345 e. The van der Waals surface area contributed by atoms with Crippen LogP contribution in [0.2, 0.25) is 5.02 Å². The molecule has 0 unspecified atom stereocenters. The molecule has 2 aliphatic heterocycles. The third-order valence-electron chi connectivity index (χ3n) is 5.45. The molecule has 2 N–H and O–H groups in total. The molecular weight excluding hydrogens is 442 g/mol. The zero-order chi connectivity index (χ0) is 22.7. The number of halogens is 3. The summed E-state index contributed by atoms with van der Waals surface area (Å²) in [5.74, 6) is -0.869. The van der Waals surface area contributed by atoms with Gasteiger partial charge in [-0.3, -0.25) is 9.74 Å². The number of benzene rings is 2. The molecule has 0 aliphatic carbocycles. The summed E-state index contributed by atoms with van der Waals surface area (Å²) in [5.41, 5.74) is 4.41. The molecule has 0 saturated carbocycles. The number of likely N-dealkylation sites (tertiary alicyclic amines) is 1. The van der Waals surface area contributed by atoms with Crippen molar-refractivity contribution in [1.29, 1.82) is 0 Å². The van der Waals surface area contributed by atoms with Gasteiger partial charge in [0.25, 0.3) is 0 Å². The van der Waals surface area contributed by atoms with Crippen molar-refractivity contribution in [1.82, 2.24) is 20.6 Å². The summed E-state index contributed by atoms with van der Waals surface area (Å²) >= 11 is 5.90. The molecule has 0 spiro atoms. The smallest absolute Gasteiger partial charge is 0.334 e. The monoisotopic (exact) mass is 462 g/mol. The van der Waals surface area contributed by atoms with Crippen LogP contribution in [-0.2, 0) is 17.9 Å². The van der Waals surface area contributed by atoms with Gasteiger partial charge in [0.05, 0.1) is 24.2 Å². The molecule has 2 heterocycles. The number of carbonyl (C=O) groups excluding carboxylic acids is 2. The van der Waals surface area contributed by atoms with Crippen molar-refractivity contribution in [3.05, 3.63) is 75.9 Å². The molecule has 1 atom stereocenters. The van der Waals surface area contributed by atoms with Gasteiger partial charge in [0.2, 0.25) is 0 Å². The number of fused-ring (bicyclic) bond motifs is 1. The van der Waals surface area contributed by atoms with Gasteiger partial charge in [0, 0.05) is 19.3 Å². The van der Waals surface area contributed by atoms with Gasteiger partial charge < -0.3 is 10.2 Å². The zero-order valence-corrected chi connectivity index (χ0v) is 17.7. The fourth-order valence-corrected chi connectivity index (χ4v) is 3.70. The Morgan fingerprint density at radius 2 is 2.03 bits per heavy atom. The van der Waals surface area contributed by atoms with Crippen LogP contribution in [0.3, 0.4) is 0 Å². The molecule has 2 aromatic carbocycles. The average Bonchev–Trinajstić information content (AvgIpc) is 2.76. The van der Waals surface area contributed by atoms with E-state index in [0.717, 1.165) is 17.5 Å². The second kappa shape index (κ2) is 9.54. The minimum absolute atomic E-state index is 0.0153. The first-order valence-electron chi connectivity index (χ1n) is 10.0. The number of hydrogen-bond donors (Lipinski definition) is 2. The molecule has 0 radical (unpaired) electrons. The summed E-state index contributed by atoms with van der Waals surface area (Å²) in [6.07, 6.45) is 3.94. The maximum atomic E-state index is 13.5. The van der Waals surface area contributed by atoms with E-state index in [2.05, 4.69) is 10.8 Å². The van der Waals surface area contributed by atoms with Gasteiger partial charge in [-0.05, 0) is 47.4 Å². The van der Waals surface area contributed by atoms with Gasteiger partial charge in [-0.1, -0.05) is 29.8 Å². The molecule has 7 nitrogen and oxygen atoms in total. The summed E-state index contributed by atoms with van der Waals surface area (Å²) in [6, 6.07) is 7.84. The number of hydrogen-bond acceptors (Lipinski definition) is 3. The summed E-state index contributed by atoms with van der Waals surface area (Å²) in [6.45, 7) is 1.07. The topological polar surface area (TPSA) is 73.9 Å². The second-order valence-corrected chi connectivity index (χ2v) is 7.89. The van der Waals surface area contributed by atoms with E-state index in [1.54, 1.807) is 29.3 Å². The number of rotatable bonds is 5. The Labute approximate surface area is 188 Å². The van der Waals surface area contributed by atoms with E-state index in [9.17, 15) is 18.4 Å². The van der Waals surface area contributed by atoms with E-state index in [4.69, 9.17) is 16.4 Å². The van der Waals surface area contributed by atoms with Crippen LogP contribution in [0.4, 0.5) is 18.4 Å². The second-order valence-electron chi connectivity index (χ2n) is 7.51. The molecule has 4 amide bonds.